The van der Waals surface area contributed by atoms with Crippen LogP contribution in [0.5, 0.6) is 11.5 Å². The Morgan fingerprint density at radius 3 is 2.72 bits per heavy atom. The van der Waals surface area contributed by atoms with Crippen molar-refractivity contribution in [1.82, 2.24) is 15.5 Å². The molecule has 1 aliphatic heterocycles. The number of ether oxygens (including phenoxy) is 1. The van der Waals surface area contributed by atoms with Gasteiger partial charge in [0.2, 0.25) is 12.2 Å². The molecule has 0 bridgehead atoms. The minimum atomic E-state index is -0.291. The predicted molar refractivity (Wildman–Crippen MR) is 120 cm³/mol. The maximum atomic E-state index is 14.2. The number of hydrogen-bond donors (Lipinski definition) is 3. The fraction of sp³-hybridized carbons (Fsp3) is 0.417. The van der Waals surface area contributed by atoms with Crippen molar-refractivity contribution in [3.63, 3.8) is 0 Å². The number of rotatable bonds is 6. The van der Waals surface area contributed by atoms with Gasteiger partial charge in [-0.25, -0.2) is 4.39 Å². The summed E-state index contributed by atoms with van der Waals surface area (Å²) in [6.45, 7) is 0.361. The van der Waals surface area contributed by atoms with Crippen molar-refractivity contribution in [2.45, 2.75) is 43.3 Å². The van der Waals surface area contributed by atoms with Crippen molar-refractivity contribution in [2.24, 2.45) is 4.99 Å². The number of nitriles is 1. The van der Waals surface area contributed by atoms with Gasteiger partial charge in [-0.2, -0.15) is 5.26 Å². The molecule has 8 heteroatoms. The van der Waals surface area contributed by atoms with Crippen molar-refractivity contribution in [3.8, 4) is 17.7 Å². The Balaban J connectivity index is 1.47. The van der Waals surface area contributed by atoms with E-state index in [-0.39, 0.29) is 29.2 Å². The maximum absolute atomic E-state index is 14.2. The van der Waals surface area contributed by atoms with Gasteiger partial charge in [0, 0.05) is 18.0 Å². The number of hydrogen-bond acceptors (Lipinski definition) is 5. The Bertz CT molecular complexity index is 1030. The van der Waals surface area contributed by atoms with Gasteiger partial charge in [0.25, 0.3) is 0 Å². The minimum Gasteiger partial charge on any atom is -0.508 e. The highest BCUT2D eigenvalue weighted by Crippen LogP contribution is 2.42. The average molecular weight is 438 g/mol. The Kier molecular flexibility index (Phi) is 6.19. The zero-order valence-electron chi connectivity index (χ0n) is 18.3. The molecule has 168 valence electrons. The molecule has 0 radical (unpaired) electrons. The highest BCUT2D eigenvalue weighted by molar-refractivity contribution is 5.82. The molecule has 1 heterocycles. The number of phenols is 1. The van der Waals surface area contributed by atoms with Crippen LogP contribution in [0.4, 0.5) is 4.39 Å². The van der Waals surface area contributed by atoms with E-state index in [1.54, 1.807) is 24.3 Å². The largest absolute Gasteiger partial charge is 0.508 e. The zero-order chi connectivity index (χ0) is 22.7. The van der Waals surface area contributed by atoms with Crippen LogP contribution in [0.15, 0.2) is 47.5 Å². The van der Waals surface area contributed by atoms with Crippen molar-refractivity contribution in [3.05, 3.63) is 59.4 Å². The molecule has 3 N–H and O–H groups in total. The smallest absolute Gasteiger partial charge is 0.209 e. The second-order valence-corrected chi connectivity index (χ2v) is 8.76. The second kappa shape index (κ2) is 9.05. The summed E-state index contributed by atoms with van der Waals surface area (Å²) in [5, 5.41) is 25.6. The van der Waals surface area contributed by atoms with E-state index in [2.05, 4.69) is 20.5 Å². The van der Waals surface area contributed by atoms with Gasteiger partial charge in [-0.05, 0) is 63.2 Å². The topological polar surface area (TPSA) is 92.9 Å². The molecule has 2 aromatic carbocycles. The number of guanidine groups is 1. The average Bonchev–Trinajstić information content (AvgIpc) is 3.54. The molecule has 2 aliphatic rings. The van der Waals surface area contributed by atoms with Crippen molar-refractivity contribution in [1.29, 1.82) is 5.26 Å². The van der Waals surface area contributed by atoms with Gasteiger partial charge in [-0.15, -0.1) is 4.99 Å². The van der Waals surface area contributed by atoms with E-state index >= 15 is 0 Å². The molecule has 2 atom stereocenters. The van der Waals surface area contributed by atoms with Crippen LogP contribution >= 0.6 is 0 Å². The number of halogens is 1. The number of fused-ring (bicyclic) bond motifs is 1. The van der Waals surface area contributed by atoms with Crippen LogP contribution in [-0.2, 0) is 12.8 Å². The minimum absolute atomic E-state index is 0.151. The third-order valence-corrected chi connectivity index (χ3v) is 6.25. The van der Waals surface area contributed by atoms with E-state index in [1.807, 2.05) is 32.4 Å². The van der Waals surface area contributed by atoms with Gasteiger partial charge in [0.1, 0.15) is 23.9 Å². The summed E-state index contributed by atoms with van der Waals surface area (Å²) < 4.78 is 19.9. The number of aromatic hydroxyl groups is 1. The van der Waals surface area contributed by atoms with Crippen LogP contribution in [0.2, 0.25) is 0 Å². The van der Waals surface area contributed by atoms with Gasteiger partial charge in [-0.3, -0.25) is 0 Å². The van der Waals surface area contributed by atoms with E-state index in [9.17, 15) is 14.8 Å². The van der Waals surface area contributed by atoms with Crippen LogP contribution < -0.4 is 15.4 Å². The number of nitrogens with one attached hydrogen (secondary N) is 2. The first-order valence-corrected chi connectivity index (χ1v) is 10.8. The number of aliphatic imine (C=N–C) groups is 1. The SMILES string of the molecule is CN(C)[C@@H](Cc1ccc(O)cc1)C1(NC(=NC#N)NC2COc3cccc(F)c3C2)CC1. The molecule has 1 unspecified atom stereocenters. The van der Waals surface area contributed by atoms with Crippen molar-refractivity contribution < 1.29 is 14.2 Å². The number of likely N-dealkylation sites (N-methyl/N-ethyl adjacent to an activating group) is 1. The van der Waals surface area contributed by atoms with Crippen LogP contribution in [0, 0.1) is 17.3 Å². The molecule has 0 saturated heterocycles. The summed E-state index contributed by atoms with van der Waals surface area (Å²) in [6.07, 6.45) is 4.99. The lowest BCUT2D eigenvalue weighted by atomic mass is 9.96. The van der Waals surface area contributed by atoms with Gasteiger partial charge in [-0.1, -0.05) is 18.2 Å². The summed E-state index contributed by atoms with van der Waals surface area (Å²) in [5.41, 5.74) is 1.42. The summed E-state index contributed by atoms with van der Waals surface area (Å²) in [6, 6.07) is 12.0. The normalized spacial score (nSPS) is 20.0. The van der Waals surface area contributed by atoms with Crippen LogP contribution in [0.1, 0.15) is 24.0 Å². The highest BCUT2D eigenvalue weighted by atomic mass is 19.1. The highest BCUT2D eigenvalue weighted by Gasteiger charge is 2.51. The quantitative estimate of drug-likeness (QED) is 0.365. The molecule has 1 saturated carbocycles. The van der Waals surface area contributed by atoms with E-state index in [4.69, 9.17) is 4.74 Å². The maximum Gasteiger partial charge on any atom is 0.209 e. The van der Waals surface area contributed by atoms with E-state index in [1.165, 1.54) is 6.07 Å². The predicted octanol–water partition coefficient (Wildman–Crippen LogP) is 2.56. The van der Waals surface area contributed by atoms with E-state index < -0.39 is 0 Å². The third-order valence-electron chi connectivity index (χ3n) is 6.25. The lowest BCUT2D eigenvalue weighted by Gasteiger charge is -2.35. The summed E-state index contributed by atoms with van der Waals surface area (Å²) >= 11 is 0. The van der Waals surface area contributed by atoms with Gasteiger partial charge < -0.3 is 25.4 Å². The van der Waals surface area contributed by atoms with Crippen LogP contribution in [0.25, 0.3) is 0 Å². The number of benzene rings is 2. The Hall–Kier alpha value is -3.31. The number of nitrogens with zero attached hydrogens (tertiary/aromatic N) is 3. The van der Waals surface area contributed by atoms with E-state index in [0.29, 0.717) is 30.3 Å². The summed E-state index contributed by atoms with van der Waals surface area (Å²) in [7, 11) is 4.08. The molecular formula is C24H28FN5O2. The number of phenolic OH excluding ortho intramolecular Hbond substituents is 1. The first-order valence-electron chi connectivity index (χ1n) is 10.8. The first kappa shape index (κ1) is 21.9. The molecule has 0 amide bonds. The van der Waals surface area contributed by atoms with E-state index in [0.717, 1.165) is 24.8 Å². The van der Waals surface area contributed by atoms with Crippen molar-refractivity contribution >= 4 is 5.96 Å². The lowest BCUT2D eigenvalue weighted by Crippen LogP contribution is -2.58. The lowest BCUT2D eigenvalue weighted by molar-refractivity contribution is 0.223. The second-order valence-electron chi connectivity index (χ2n) is 8.76. The Morgan fingerprint density at radius 1 is 1.31 bits per heavy atom. The fourth-order valence-corrected chi connectivity index (χ4v) is 4.44. The summed E-state index contributed by atoms with van der Waals surface area (Å²) in [5.74, 6) is 0.904. The zero-order valence-corrected chi connectivity index (χ0v) is 18.3. The first-order chi connectivity index (χ1) is 15.4. The molecule has 1 aliphatic carbocycles. The molecule has 7 nitrogen and oxygen atoms in total. The molecule has 32 heavy (non-hydrogen) atoms. The monoisotopic (exact) mass is 437 g/mol. The molecule has 4 rings (SSSR count). The molecule has 2 aromatic rings. The molecule has 0 spiro atoms. The Labute approximate surface area is 187 Å². The molecular weight excluding hydrogens is 409 g/mol. The Morgan fingerprint density at radius 2 is 2.06 bits per heavy atom. The summed E-state index contributed by atoms with van der Waals surface area (Å²) in [4.78, 5) is 6.15. The molecule has 0 aromatic heterocycles. The van der Waals surface area contributed by atoms with Gasteiger partial charge >= 0.3 is 0 Å². The fourth-order valence-electron chi connectivity index (χ4n) is 4.44. The van der Waals surface area contributed by atoms with Crippen LogP contribution in [0.3, 0.4) is 0 Å². The van der Waals surface area contributed by atoms with Crippen molar-refractivity contribution in [2.75, 3.05) is 20.7 Å². The standard InChI is InChI=1S/C24H28FN5O2/c1-30(2)22(12-16-6-8-18(31)9-7-16)24(10-11-24)29-23(27-15-26)28-17-13-19-20(25)4-3-5-21(19)32-14-17/h3-9,17,22,31H,10-14H2,1-2H3,(H2,27,28,29)/t17?,22-/m0/s1. The van der Waals surface area contributed by atoms with Gasteiger partial charge in [0.15, 0.2) is 0 Å². The van der Waals surface area contributed by atoms with Crippen LogP contribution in [-0.4, -0.2) is 54.3 Å². The third kappa shape index (κ3) is 4.78. The molecule has 1 fully saturated rings. The van der Waals surface area contributed by atoms with Gasteiger partial charge in [0.05, 0.1) is 11.6 Å².